The first kappa shape index (κ1) is 23.8. The molecule has 2 bridgehead atoms. The fraction of sp³-hybridized carbons (Fsp3) is 0.519. The molecule has 3 heterocycles. The number of benzene rings is 2. The van der Waals surface area contributed by atoms with Gasteiger partial charge in [0.1, 0.15) is 11.6 Å². The number of hydrogen-bond donors (Lipinski definition) is 3. The van der Waals surface area contributed by atoms with E-state index in [1.165, 1.54) is 0 Å². The number of carbonyl (C=O) groups is 3. The monoisotopic (exact) mass is 479 g/mol. The Morgan fingerprint density at radius 3 is 2.71 bits per heavy atom. The summed E-state index contributed by atoms with van der Waals surface area (Å²) >= 11 is 0. The Morgan fingerprint density at radius 2 is 1.94 bits per heavy atom. The number of fused-ring (bicyclic) bond motifs is 2. The van der Waals surface area contributed by atoms with Crippen LogP contribution in [0.3, 0.4) is 0 Å². The van der Waals surface area contributed by atoms with Gasteiger partial charge >= 0.3 is 0 Å². The van der Waals surface area contributed by atoms with Gasteiger partial charge in [0.2, 0.25) is 17.7 Å². The fourth-order valence-electron chi connectivity index (χ4n) is 6.23. The van der Waals surface area contributed by atoms with Crippen molar-refractivity contribution >= 4 is 34.2 Å². The molecule has 3 fully saturated rings. The average Bonchev–Trinajstić information content (AvgIpc) is 3.50. The van der Waals surface area contributed by atoms with E-state index < -0.39 is 23.5 Å². The minimum Gasteiger partial charge on any atom is -0.396 e. The predicted octanol–water partition coefficient (Wildman–Crippen LogP) is 2.45. The zero-order valence-corrected chi connectivity index (χ0v) is 20.0. The van der Waals surface area contributed by atoms with Crippen LogP contribution in [0.1, 0.15) is 39.0 Å². The second kappa shape index (κ2) is 9.59. The molecule has 3 aliphatic rings. The van der Waals surface area contributed by atoms with Gasteiger partial charge in [-0.15, -0.1) is 0 Å². The highest BCUT2D eigenvalue weighted by Crippen LogP contribution is 2.58. The molecule has 8 nitrogen and oxygen atoms in total. The Bertz CT molecular complexity index is 1140. The topological polar surface area (TPSA) is 108 Å². The Hall–Kier alpha value is -2.97. The van der Waals surface area contributed by atoms with Crippen molar-refractivity contribution < 1.29 is 24.2 Å². The van der Waals surface area contributed by atoms with E-state index in [-0.39, 0.29) is 30.4 Å². The molecule has 3 saturated heterocycles. The van der Waals surface area contributed by atoms with E-state index in [0.29, 0.717) is 44.5 Å². The molecular weight excluding hydrogens is 446 g/mol. The van der Waals surface area contributed by atoms with Gasteiger partial charge in [-0.2, -0.15) is 0 Å². The van der Waals surface area contributed by atoms with Crippen LogP contribution in [0, 0.1) is 11.8 Å². The van der Waals surface area contributed by atoms with Crippen LogP contribution < -0.4 is 10.6 Å². The summed E-state index contributed by atoms with van der Waals surface area (Å²) in [5.74, 6) is -1.90. The third-order valence-electron chi connectivity index (χ3n) is 7.72. The fourth-order valence-corrected chi connectivity index (χ4v) is 6.23. The van der Waals surface area contributed by atoms with Crippen molar-refractivity contribution in [1.29, 1.82) is 0 Å². The summed E-state index contributed by atoms with van der Waals surface area (Å²) in [5.41, 5.74) is -0.350. The standard InChI is InChI=1S/C27H33N3O5/c1-2-13-28-24(32)21-20-11-12-27(35-20)22(21)26(34)30(14-5-6-15-31)23(27)25(33)29-19-10-9-17-7-3-4-8-18(17)16-19/h3-4,7-10,16,20-23,31H,2,5-6,11-15H2,1H3,(H,28,32)(H,29,33)/t20-,21+,22+,23?,27?/m1/s1. The molecule has 3 aliphatic heterocycles. The van der Waals surface area contributed by atoms with E-state index in [9.17, 15) is 19.5 Å². The number of anilines is 1. The van der Waals surface area contributed by atoms with Crippen LogP contribution in [-0.2, 0) is 19.1 Å². The van der Waals surface area contributed by atoms with Crippen LogP contribution in [-0.4, -0.2) is 65.2 Å². The number of hydrogen-bond acceptors (Lipinski definition) is 5. The van der Waals surface area contributed by atoms with Crippen molar-refractivity contribution in [3.05, 3.63) is 42.5 Å². The first-order chi connectivity index (χ1) is 17.0. The van der Waals surface area contributed by atoms with E-state index in [1.54, 1.807) is 4.90 Å². The van der Waals surface area contributed by atoms with Crippen molar-refractivity contribution in [3.63, 3.8) is 0 Å². The Labute approximate surface area is 205 Å². The SMILES string of the molecule is CCCNC(=O)[C@@H]1[C@H]2C(=O)N(CCCCO)C(C(=O)Nc3ccc4ccccc4c3)C23CC[C@H]1O3. The molecule has 8 heteroatoms. The first-order valence-corrected chi connectivity index (χ1v) is 12.7. The molecule has 0 aliphatic carbocycles. The van der Waals surface area contributed by atoms with Crippen LogP contribution in [0.25, 0.3) is 10.8 Å². The van der Waals surface area contributed by atoms with Gasteiger partial charge in [-0.1, -0.05) is 37.3 Å². The number of aliphatic hydroxyl groups is 1. The summed E-state index contributed by atoms with van der Waals surface area (Å²) in [6.07, 6.45) is 2.77. The molecule has 1 spiro atoms. The minimum absolute atomic E-state index is 0.0190. The van der Waals surface area contributed by atoms with Crippen LogP contribution >= 0.6 is 0 Å². The third-order valence-corrected chi connectivity index (χ3v) is 7.72. The number of carbonyl (C=O) groups excluding carboxylic acids is 3. The van der Waals surface area contributed by atoms with Gasteiger partial charge in [-0.3, -0.25) is 14.4 Å². The van der Waals surface area contributed by atoms with Crippen molar-refractivity contribution in [2.75, 3.05) is 25.0 Å². The Morgan fingerprint density at radius 1 is 1.14 bits per heavy atom. The minimum atomic E-state index is -1.00. The summed E-state index contributed by atoms with van der Waals surface area (Å²) in [5, 5.41) is 17.3. The molecule has 5 rings (SSSR count). The maximum absolute atomic E-state index is 13.8. The van der Waals surface area contributed by atoms with E-state index in [4.69, 9.17) is 4.74 Å². The highest BCUT2D eigenvalue weighted by molar-refractivity contribution is 6.04. The number of likely N-dealkylation sites (tertiary alicyclic amines) is 1. The van der Waals surface area contributed by atoms with Gasteiger partial charge in [0.15, 0.2) is 0 Å². The second-order valence-corrected chi connectivity index (χ2v) is 9.86. The van der Waals surface area contributed by atoms with Gasteiger partial charge in [-0.05, 0) is 55.0 Å². The van der Waals surface area contributed by atoms with Crippen molar-refractivity contribution in [1.82, 2.24) is 10.2 Å². The lowest BCUT2D eigenvalue weighted by atomic mass is 9.70. The summed E-state index contributed by atoms with van der Waals surface area (Å²) in [6, 6.07) is 12.8. The van der Waals surface area contributed by atoms with E-state index in [0.717, 1.165) is 17.2 Å². The van der Waals surface area contributed by atoms with Gasteiger partial charge < -0.3 is 25.4 Å². The normalized spacial score (nSPS) is 29.0. The van der Waals surface area contributed by atoms with Gasteiger partial charge in [-0.25, -0.2) is 0 Å². The number of rotatable bonds is 9. The van der Waals surface area contributed by atoms with Gasteiger partial charge in [0.25, 0.3) is 0 Å². The molecule has 5 atom stereocenters. The Balaban J connectivity index is 1.45. The van der Waals surface area contributed by atoms with Crippen LogP contribution in [0.5, 0.6) is 0 Å². The van der Waals surface area contributed by atoms with Crippen LogP contribution in [0.2, 0.25) is 0 Å². The second-order valence-electron chi connectivity index (χ2n) is 9.86. The summed E-state index contributed by atoms with van der Waals surface area (Å²) in [4.78, 5) is 42.1. The third kappa shape index (κ3) is 3.98. The zero-order valence-electron chi connectivity index (χ0n) is 20.0. The van der Waals surface area contributed by atoms with Gasteiger partial charge in [0.05, 0.1) is 17.9 Å². The first-order valence-electron chi connectivity index (χ1n) is 12.7. The molecule has 186 valence electrons. The maximum Gasteiger partial charge on any atom is 0.250 e. The number of ether oxygens (including phenoxy) is 1. The lowest BCUT2D eigenvalue weighted by Crippen LogP contribution is -2.53. The smallest absolute Gasteiger partial charge is 0.250 e. The number of unbranched alkanes of at least 4 members (excludes halogenated alkanes) is 1. The molecule has 2 aromatic carbocycles. The van der Waals surface area contributed by atoms with Crippen LogP contribution in [0.15, 0.2) is 42.5 Å². The maximum atomic E-state index is 13.8. The summed E-state index contributed by atoms with van der Waals surface area (Å²) in [6.45, 7) is 2.88. The average molecular weight is 480 g/mol. The summed E-state index contributed by atoms with van der Waals surface area (Å²) in [7, 11) is 0. The molecule has 3 amide bonds. The molecular formula is C27H33N3O5. The number of nitrogens with one attached hydrogen (secondary N) is 2. The summed E-state index contributed by atoms with van der Waals surface area (Å²) < 4.78 is 6.41. The molecule has 2 aromatic rings. The van der Waals surface area contributed by atoms with Gasteiger partial charge in [0, 0.05) is 25.4 Å². The highest BCUT2D eigenvalue weighted by atomic mass is 16.5. The van der Waals surface area contributed by atoms with E-state index >= 15 is 0 Å². The predicted molar refractivity (Wildman–Crippen MR) is 132 cm³/mol. The lowest BCUT2D eigenvalue weighted by Gasteiger charge is -2.33. The molecule has 0 radical (unpaired) electrons. The quantitative estimate of drug-likeness (QED) is 0.479. The zero-order chi connectivity index (χ0) is 24.6. The molecule has 0 saturated carbocycles. The lowest BCUT2D eigenvalue weighted by molar-refractivity contribution is -0.140. The number of nitrogens with zero attached hydrogens (tertiary/aromatic N) is 1. The van der Waals surface area contributed by atoms with Crippen LogP contribution in [0.4, 0.5) is 5.69 Å². The number of amides is 3. The molecule has 0 aromatic heterocycles. The van der Waals surface area contributed by atoms with Crippen molar-refractivity contribution in [2.45, 2.75) is 56.8 Å². The molecule has 2 unspecified atom stereocenters. The number of aliphatic hydroxyl groups excluding tert-OH is 1. The molecule has 3 N–H and O–H groups in total. The highest BCUT2D eigenvalue weighted by Gasteiger charge is 2.74. The van der Waals surface area contributed by atoms with E-state index in [2.05, 4.69) is 10.6 Å². The Kier molecular flexibility index (Phi) is 6.51. The van der Waals surface area contributed by atoms with E-state index in [1.807, 2.05) is 49.4 Å². The van der Waals surface area contributed by atoms with Crippen molar-refractivity contribution in [3.8, 4) is 0 Å². The largest absolute Gasteiger partial charge is 0.396 e. The molecule has 35 heavy (non-hydrogen) atoms. The van der Waals surface area contributed by atoms with Crippen molar-refractivity contribution in [2.24, 2.45) is 11.8 Å².